The number of benzene rings is 1. The average molecular weight is 396 g/mol. The minimum absolute atomic E-state index is 0. The van der Waals surface area contributed by atoms with E-state index in [2.05, 4.69) is 43.2 Å². The number of hydrogen-bond donors (Lipinski definition) is 2. The van der Waals surface area contributed by atoms with Crippen LogP contribution in [0, 0.1) is 11.3 Å². The summed E-state index contributed by atoms with van der Waals surface area (Å²) in [6.07, 6.45) is 2.06. The fraction of sp³-hybridized carbons (Fsp3) is 0.667. The Balaban J connectivity index is 0.00000261. The van der Waals surface area contributed by atoms with Gasteiger partial charge in [0.15, 0.2) is 0 Å². The van der Waals surface area contributed by atoms with Gasteiger partial charge in [0.25, 0.3) is 0 Å². The van der Waals surface area contributed by atoms with E-state index in [1.807, 2.05) is 25.1 Å². The molecule has 0 radical (unpaired) electrons. The van der Waals surface area contributed by atoms with Crippen molar-refractivity contribution >= 4 is 18.3 Å². The topological polar surface area (TPSA) is 67.6 Å². The predicted octanol–water partition coefficient (Wildman–Crippen LogP) is 2.58. The van der Waals surface area contributed by atoms with E-state index in [4.69, 9.17) is 10.5 Å². The maximum atomic E-state index is 13.1. The van der Waals surface area contributed by atoms with Crippen molar-refractivity contribution < 1.29 is 9.53 Å². The fourth-order valence-corrected chi connectivity index (χ4v) is 4.85. The summed E-state index contributed by atoms with van der Waals surface area (Å²) < 4.78 is 5.91. The van der Waals surface area contributed by atoms with Crippen molar-refractivity contribution in [3.63, 3.8) is 0 Å². The largest absolute Gasteiger partial charge is 0.377 e. The predicted molar refractivity (Wildman–Crippen MR) is 111 cm³/mol. The Morgan fingerprint density at radius 1 is 1.37 bits per heavy atom. The molecule has 6 heteroatoms. The van der Waals surface area contributed by atoms with Gasteiger partial charge in [0.1, 0.15) is 5.54 Å². The third-order valence-electron chi connectivity index (χ3n) is 6.32. The summed E-state index contributed by atoms with van der Waals surface area (Å²) in [5.41, 5.74) is 6.77. The first-order chi connectivity index (χ1) is 12.3. The first kappa shape index (κ1) is 22.2. The van der Waals surface area contributed by atoms with E-state index in [1.165, 1.54) is 5.56 Å². The fourth-order valence-electron chi connectivity index (χ4n) is 4.85. The van der Waals surface area contributed by atoms with Crippen molar-refractivity contribution in [1.82, 2.24) is 10.2 Å². The third-order valence-corrected chi connectivity index (χ3v) is 6.32. The number of fused-ring (bicyclic) bond motifs is 1. The highest BCUT2D eigenvalue weighted by Gasteiger charge is 2.70. The number of carbonyl (C=O) groups excluding carboxylic acids is 1. The van der Waals surface area contributed by atoms with E-state index in [-0.39, 0.29) is 41.8 Å². The van der Waals surface area contributed by atoms with Crippen LogP contribution in [0.5, 0.6) is 0 Å². The lowest BCUT2D eigenvalue weighted by molar-refractivity contribution is -0.225. The smallest absolute Gasteiger partial charge is 0.241 e. The second-order valence-electron chi connectivity index (χ2n) is 8.69. The molecule has 152 valence electrons. The number of ether oxygens (including phenoxy) is 1. The molecule has 1 heterocycles. The van der Waals surface area contributed by atoms with Crippen molar-refractivity contribution in [3.8, 4) is 0 Å². The van der Waals surface area contributed by atoms with Crippen LogP contribution in [0.3, 0.4) is 0 Å². The molecule has 4 unspecified atom stereocenters. The quantitative estimate of drug-likeness (QED) is 0.776. The number of likely N-dealkylation sites (N-methyl/N-ethyl adjacent to an activating group) is 1. The number of carbonyl (C=O) groups is 1. The molecule has 0 bridgehead atoms. The monoisotopic (exact) mass is 395 g/mol. The molecule has 1 saturated carbocycles. The minimum Gasteiger partial charge on any atom is -0.377 e. The van der Waals surface area contributed by atoms with Crippen LogP contribution in [0.2, 0.25) is 0 Å². The van der Waals surface area contributed by atoms with Gasteiger partial charge < -0.3 is 20.7 Å². The lowest BCUT2D eigenvalue weighted by Gasteiger charge is -2.65. The van der Waals surface area contributed by atoms with Crippen LogP contribution >= 0.6 is 12.4 Å². The van der Waals surface area contributed by atoms with Crippen molar-refractivity contribution in [2.24, 2.45) is 17.1 Å². The Kier molecular flexibility index (Phi) is 6.96. The molecule has 3 rings (SSSR count). The van der Waals surface area contributed by atoms with Gasteiger partial charge >= 0.3 is 0 Å². The number of hydrogen-bond acceptors (Lipinski definition) is 4. The van der Waals surface area contributed by atoms with Crippen molar-refractivity contribution in [2.45, 2.75) is 57.8 Å². The summed E-state index contributed by atoms with van der Waals surface area (Å²) in [4.78, 5) is 15.3. The van der Waals surface area contributed by atoms with E-state index >= 15 is 0 Å². The molecule has 1 aliphatic heterocycles. The second-order valence-corrected chi connectivity index (χ2v) is 8.69. The van der Waals surface area contributed by atoms with E-state index in [1.54, 1.807) is 0 Å². The number of halogens is 1. The van der Waals surface area contributed by atoms with Crippen LogP contribution < -0.4 is 11.1 Å². The summed E-state index contributed by atoms with van der Waals surface area (Å²) in [7, 11) is 2.08. The van der Waals surface area contributed by atoms with Crippen LogP contribution in [0.4, 0.5) is 0 Å². The molecule has 5 nitrogen and oxygen atoms in total. The van der Waals surface area contributed by atoms with Gasteiger partial charge in [-0.2, -0.15) is 0 Å². The first-order valence-electron chi connectivity index (χ1n) is 9.70. The van der Waals surface area contributed by atoms with E-state index < -0.39 is 5.54 Å². The molecule has 1 aromatic carbocycles. The third kappa shape index (κ3) is 4.02. The van der Waals surface area contributed by atoms with Gasteiger partial charge in [-0.1, -0.05) is 44.2 Å². The van der Waals surface area contributed by atoms with E-state index in [0.29, 0.717) is 0 Å². The highest BCUT2D eigenvalue weighted by atomic mass is 35.5. The highest BCUT2D eigenvalue weighted by molar-refractivity contribution is 5.89. The molecule has 0 aromatic heterocycles. The molecule has 1 saturated heterocycles. The minimum atomic E-state index is -0.843. The van der Waals surface area contributed by atoms with Crippen LogP contribution in [0.1, 0.15) is 39.2 Å². The van der Waals surface area contributed by atoms with E-state index in [0.717, 1.165) is 32.5 Å². The zero-order valence-corrected chi connectivity index (χ0v) is 17.7. The second kappa shape index (κ2) is 8.48. The lowest BCUT2D eigenvalue weighted by atomic mass is 9.46. The highest BCUT2D eigenvalue weighted by Crippen LogP contribution is 2.57. The standard InChI is InChI=1S/C21H33N3O2.ClH/c1-15(13-24(4)14-16-9-6-5-7-10-16)23-19(25)21(22)17-11-8-12-26-18(17)20(21,2)3;/h5-7,9-10,15,17-18H,8,11-14,22H2,1-4H3,(H,23,25);1H. The average Bonchev–Trinajstić information content (AvgIpc) is 2.61. The number of nitrogens with one attached hydrogen (secondary N) is 1. The maximum absolute atomic E-state index is 13.1. The number of nitrogens with two attached hydrogens (primary N) is 1. The van der Waals surface area contributed by atoms with Gasteiger partial charge in [0.2, 0.25) is 5.91 Å². The zero-order valence-electron chi connectivity index (χ0n) is 16.9. The Morgan fingerprint density at radius 3 is 2.70 bits per heavy atom. The SMILES string of the molecule is CC(CN(C)Cc1ccccc1)NC(=O)C1(N)C2CCCOC2C1(C)C.Cl. The van der Waals surface area contributed by atoms with Crippen LogP contribution in [0.15, 0.2) is 30.3 Å². The van der Waals surface area contributed by atoms with Gasteiger partial charge in [-0.15, -0.1) is 12.4 Å². The molecule has 2 fully saturated rings. The van der Waals surface area contributed by atoms with Gasteiger partial charge in [0, 0.05) is 37.1 Å². The molecule has 1 aromatic rings. The van der Waals surface area contributed by atoms with Gasteiger partial charge in [-0.05, 0) is 32.4 Å². The molecule has 3 N–H and O–H groups in total. The summed E-state index contributed by atoms with van der Waals surface area (Å²) in [5, 5.41) is 3.17. The molecule has 0 spiro atoms. The summed E-state index contributed by atoms with van der Waals surface area (Å²) in [6.45, 7) is 8.59. The van der Waals surface area contributed by atoms with Crippen LogP contribution in [-0.2, 0) is 16.1 Å². The molecule has 1 amide bonds. The Labute approximate surface area is 169 Å². The molecule has 1 aliphatic carbocycles. The molecular weight excluding hydrogens is 362 g/mol. The maximum Gasteiger partial charge on any atom is 0.241 e. The normalized spacial score (nSPS) is 29.9. The Hall–Kier alpha value is -1.14. The zero-order chi connectivity index (χ0) is 18.9. The van der Waals surface area contributed by atoms with Crippen molar-refractivity contribution in [2.75, 3.05) is 20.2 Å². The Morgan fingerprint density at radius 2 is 2.04 bits per heavy atom. The van der Waals surface area contributed by atoms with Crippen LogP contribution in [0.25, 0.3) is 0 Å². The lowest BCUT2D eigenvalue weighted by Crippen LogP contribution is -2.82. The van der Waals surface area contributed by atoms with Crippen molar-refractivity contribution in [1.29, 1.82) is 0 Å². The van der Waals surface area contributed by atoms with Gasteiger partial charge in [-0.3, -0.25) is 4.79 Å². The first-order valence-corrected chi connectivity index (χ1v) is 9.70. The summed E-state index contributed by atoms with van der Waals surface area (Å²) in [6, 6.07) is 10.4. The molecule has 27 heavy (non-hydrogen) atoms. The van der Waals surface area contributed by atoms with Crippen LogP contribution in [-0.4, -0.2) is 48.7 Å². The number of nitrogens with zero attached hydrogens (tertiary/aromatic N) is 1. The molecular formula is C21H34ClN3O2. The Bertz CT molecular complexity index is 640. The summed E-state index contributed by atoms with van der Waals surface area (Å²) in [5.74, 6) is 0.0929. The summed E-state index contributed by atoms with van der Waals surface area (Å²) >= 11 is 0. The number of rotatable bonds is 6. The van der Waals surface area contributed by atoms with Gasteiger partial charge in [0.05, 0.1) is 6.10 Å². The number of amides is 1. The van der Waals surface area contributed by atoms with Crippen molar-refractivity contribution in [3.05, 3.63) is 35.9 Å². The molecule has 2 aliphatic rings. The molecule has 4 atom stereocenters. The van der Waals surface area contributed by atoms with Gasteiger partial charge in [-0.25, -0.2) is 0 Å². The van der Waals surface area contributed by atoms with E-state index in [9.17, 15) is 4.79 Å².